The fourth-order valence-electron chi connectivity index (χ4n) is 4.67. The molecule has 42 heavy (non-hydrogen) atoms. The zero-order valence-electron chi connectivity index (χ0n) is 24.4. The third-order valence-corrected chi connectivity index (χ3v) is 7.83. The highest BCUT2D eigenvalue weighted by atomic mass is 32.2. The lowest BCUT2D eigenvalue weighted by molar-refractivity contribution is -0.123. The quantitative estimate of drug-likeness (QED) is 0.139. The molecule has 0 aliphatic carbocycles. The second-order valence-electron chi connectivity index (χ2n) is 11.1. The molecule has 0 radical (unpaired) electrons. The van der Waals surface area contributed by atoms with Crippen LogP contribution in [0.3, 0.4) is 0 Å². The monoisotopic (exact) mass is 581 g/mol. The molecule has 216 valence electrons. The second-order valence-corrected chi connectivity index (χ2v) is 12.1. The lowest BCUT2D eigenvalue weighted by atomic mass is 9.87. The van der Waals surface area contributed by atoms with E-state index in [1.165, 1.54) is 10.5 Å². The molecule has 1 heterocycles. The molecule has 0 N–H and O–H groups in total. The Morgan fingerprint density at radius 1 is 0.786 bits per heavy atom. The minimum absolute atomic E-state index is 0.0932. The molecule has 4 aromatic rings. The molecule has 0 spiro atoms. The molecule has 0 atom stereocenters. The predicted molar refractivity (Wildman–Crippen MR) is 169 cm³/mol. The van der Waals surface area contributed by atoms with E-state index >= 15 is 0 Å². The fraction of sp³-hybridized carbons (Fsp3) is 0.257. The molecule has 6 nitrogen and oxygen atoms in total. The number of carbonyl (C=O) groups is 2. The van der Waals surface area contributed by atoms with E-state index < -0.39 is 0 Å². The number of rotatable bonds is 10. The molecule has 2 amide bonds. The van der Waals surface area contributed by atoms with Gasteiger partial charge in [-0.25, -0.2) is 0 Å². The van der Waals surface area contributed by atoms with Gasteiger partial charge in [-0.3, -0.25) is 14.5 Å². The van der Waals surface area contributed by atoms with Crippen molar-refractivity contribution in [2.24, 2.45) is 0 Å². The van der Waals surface area contributed by atoms with E-state index in [1.807, 2.05) is 79.7 Å². The predicted octanol–water partition coefficient (Wildman–Crippen LogP) is 8.23. The first-order valence-electron chi connectivity index (χ1n) is 14.1. The number of ether oxygens (including phenoxy) is 3. The third-order valence-electron chi connectivity index (χ3n) is 6.92. The summed E-state index contributed by atoms with van der Waals surface area (Å²) < 4.78 is 17.6. The number of amides is 2. The van der Waals surface area contributed by atoms with E-state index in [9.17, 15) is 9.59 Å². The van der Waals surface area contributed by atoms with Gasteiger partial charge >= 0.3 is 0 Å². The van der Waals surface area contributed by atoms with Crippen molar-refractivity contribution in [1.29, 1.82) is 0 Å². The average molecular weight is 582 g/mol. The maximum Gasteiger partial charge on any atom is 0.293 e. The van der Waals surface area contributed by atoms with Crippen LogP contribution in [0.1, 0.15) is 44.4 Å². The summed E-state index contributed by atoms with van der Waals surface area (Å²) in [5.74, 6) is 1.65. The lowest BCUT2D eigenvalue weighted by Crippen LogP contribution is -2.27. The standard InChI is InChI=1S/C35H35NO5S/c1-5-39-31-21-24(11-17-30(31)41-19-18-40-29-15-13-28(14-16-29)35(2,3)4)22-32-33(37)36(34(38)42-32)23-25-10-12-26-8-6-7-9-27(26)20-25/h6-17,20-22H,5,18-19,23H2,1-4H3/b32-22-. The highest BCUT2D eigenvalue weighted by Gasteiger charge is 2.35. The van der Waals surface area contributed by atoms with Crippen molar-refractivity contribution in [3.8, 4) is 17.2 Å². The van der Waals surface area contributed by atoms with Crippen LogP contribution in [0.15, 0.2) is 89.8 Å². The van der Waals surface area contributed by atoms with E-state index in [4.69, 9.17) is 14.2 Å². The smallest absolute Gasteiger partial charge is 0.293 e. The summed E-state index contributed by atoms with van der Waals surface area (Å²) in [5, 5.41) is 1.91. The van der Waals surface area contributed by atoms with Crippen LogP contribution in [-0.2, 0) is 16.8 Å². The first-order valence-corrected chi connectivity index (χ1v) is 14.9. The van der Waals surface area contributed by atoms with Crippen molar-refractivity contribution < 1.29 is 23.8 Å². The van der Waals surface area contributed by atoms with E-state index in [-0.39, 0.29) is 23.1 Å². The number of hydrogen-bond acceptors (Lipinski definition) is 6. The Labute approximate surface area is 251 Å². The second kappa shape index (κ2) is 12.7. The minimum Gasteiger partial charge on any atom is -0.490 e. The summed E-state index contributed by atoms with van der Waals surface area (Å²) in [7, 11) is 0. The molecule has 0 saturated carbocycles. The number of imide groups is 1. The normalized spacial score (nSPS) is 14.6. The first-order chi connectivity index (χ1) is 20.2. The van der Waals surface area contributed by atoms with Crippen LogP contribution in [0.25, 0.3) is 16.8 Å². The third kappa shape index (κ3) is 6.97. The van der Waals surface area contributed by atoms with Gasteiger partial charge in [-0.05, 0) is 88.0 Å². The summed E-state index contributed by atoms with van der Waals surface area (Å²) in [5.41, 5.74) is 3.00. The largest absolute Gasteiger partial charge is 0.490 e. The molecule has 1 saturated heterocycles. The molecule has 1 aliphatic heterocycles. The number of fused-ring (bicyclic) bond motifs is 1. The molecular formula is C35H35NO5S. The number of thioether (sulfide) groups is 1. The topological polar surface area (TPSA) is 65.1 Å². The van der Waals surface area contributed by atoms with Crippen molar-refractivity contribution in [3.05, 3.63) is 107 Å². The molecule has 5 rings (SSSR count). The van der Waals surface area contributed by atoms with Crippen molar-refractivity contribution in [3.63, 3.8) is 0 Å². The summed E-state index contributed by atoms with van der Waals surface area (Å²) in [6.07, 6.45) is 1.72. The first kappa shape index (κ1) is 29.3. The van der Waals surface area contributed by atoms with Gasteiger partial charge in [0.1, 0.15) is 19.0 Å². The Hall–Kier alpha value is -4.23. The van der Waals surface area contributed by atoms with Crippen LogP contribution >= 0.6 is 11.8 Å². The van der Waals surface area contributed by atoms with Crippen LogP contribution in [0, 0.1) is 0 Å². The average Bonchev–Trinajstić information content (AvgIpc) is 3.23. The molecule has 1 aliphatic rings. The van der Waals surface area contributed by atoms with Crippen molar-refractivity contribution in [1.82, 2.24) is 4.90 Å². The maximum absolute atomic E-state index is 13.2. The molecule has 0 bridgehead atoms. The zero-order valence-corrected chi connectivity index (χ0v) is 25.2. The van der Waals surface area contributed by atoms with Gasteiger partial charge in [-0.15, -0.1) is 0 Å². The number of carbonyl (C=O) groups excluding carboxylic acids is 2. The van der Waals surface area contributed by atoms with Crippen molar-refractivity contribution in [2.75, 3.05) is 19.8 Å². The molecule has 4 aromatic carbocycles. The maximum atomic E-state index is 13.2. The lowest BCUT2D eigenvalue weighted by Gasteiger charge is -2.19. The number of nitrogens with zero attached hydrogens (tertiary/aromatic N) is 1. The van der Waals surface area contributed by atoms with Gasteiger partial charge in [0.15, 0.2) is 11.5 Å². The summed E-state index contributed by atoms with van der Waals surface area (Å²) in [6, 6.07) is 27.6. The van der Waals surface area contributed by atoms with Crippen LogP contribution in [-0.4, -0.2) is 35.9 Å². The highest BCUT2D eigenvalue weighted by molar-refractivity contribution is 8.18. The molecule has 7 heteroatoms. The van der Waals surface area contributed by atoms with Gasteiger partial charge in [-0.2, -0.15) is 0 Å². The molecule has 0 unspecified atom stereocenters. The molecular weight excluding hydrogens is 546 g/mol. The van der Waals surface area contributed by atoms with Gasteiger partial charge in [-0.1, -0.05) is 75.4 Å². The van der Waals surface area contributed by atoms with Gasteiger partial charge < -0.3 is 14.2 Å². The van der Waals surface area contributed by atoms with Crippen LogP contribution in [0.4, 0.5) is 4.79 Å². The van der Waals surface area contributed by atoms with E-state index in [1.54, 1.807) is 6.08 Å². The van der Waals surface area contributed by atoms with E-state index in [2.05, 4.69) is 32.9 Å². The van der Waals surface area contributed by atoms with Crippen LogP contribution in [0.2, 0.25) is 0 Å². The number of hydrogen-bond donors (Lipinski definition) is 0. The van der Waals surface area contributed by atoms with Gasteiger partial charge in [0.25, 0.3) is 11.1 Å². The summed E-state index contributed by atoms with van der Waals surface area (Å²) in [6.45, 7) is 9.85. The van der Waals surface area contributed by atoms with Crippen LogP contribution < -0.4 is 14.2 Å². The minimum atomic E-state index is -0.302. The van der Waals surface area contributed by atoms with E-state index in [0.29, 0.717) is 36.2 Å². The number of benzene rings is 4. The Balaban J connectivity index is 1.21. The Bertz CT molecular complexity index is 1620. The highest BCUT2D eigenvalue weighted by Crippen LogP contribution is 2.36. The fourth-order valence-corrected chi connectivity index (χ4v) is 5.51. The van der Waals surface area contributed by atoms with Gasteiger partial charge in [0.2, 0.25) is 0 Å². The van der Waals surface area contributed by atoms with Crippen LogP contribution in [0.5, 0.6) is 17.2 Å². The molecule has 0 aromatic heterocycles. The van der Waals surface area contributed by atoms with Gasteiger partial charge in [0.05, 0.1) is 18.1 Å². The Morgan fingerprint density at radius 3 is 2.26 bits per heavy atom. The van der Waals surface area contributed by atoms with Gasteiger partial charge in [0, 0.05) is 0 Å². The zero-order chi connectivity index (χ0) is 29.7. The van der Waals surface area contributed by atoms with Crippen molar-refractivity contribution >= 4 is 39.8 Å². The summed E-state index contributed by atoms with van der Waals surface area (Å²) in [4.78, 5) is 27.6. The van der Waals surface area contributed by atoms with Crippen molar-refractivity contribution in [2.45, 2.75) is 39.7 Å². The van der Waals surface area contributed by atoms with E-state index in [0.717, 1.165) is 39.4 Å². The SMILES string of the molecule is CCOc1cc(/C=C2\SC(=O)N(Cc3ccc4ccccc4c3)C2=O)ccc1OCCOc1ccc(C(C)(C)C)cc1. The Morgan fingerprint density at radius 2 is 1.52 bits per heavy atom. The summed E-state index contributed by atoms with van der Waals surface area (Å²) >= 11 is 0.950. The molecule has 1 fully saturated rings. The Kier molecular flexibility index (Phi) is 8.88.